The Hall–Kier alpha value is -1.46. The molecule has 2 rings (SSSR count). The number of halogens is 1. The van der Waals surface area contributed by atoms with Gasteiger partial charge in [0, 0.05) is 23.7 Å². The molecule has 1 heterocycles. The van der Waals surface area contributed by atoms with Gasteiger partial charge in [0.05, 0.1) is 0 Å². The second-order valence-electron chi connectivity index (χ2n) is 4.65. The van der Waals surface area contributed by atoms with Crippen LogP contribution in [0.1, 0.15) is 30.2 Å². The third kappa shape index (κ3) is 4.58. The van der Waals surface area contributed by atoms with Crippen molar-refractivity contribution in [1.29, 1.82) is 0 Å². The van der Waals surface area contributed by atoms with Crippen LogP contribution in [0.3, 0.4) is 0 Å². The summed E-state index contributed by atoms with van der Waals surface area (Å²) in [5.41, 5.74) is 0. The van der Waals surface area contributed by atoms with Gasteiger partial charge in [-0.05, 0) is 37.6 Å². The third-order valence-corrected chi connectivity index (χ3v) is 3.99. The van der Waals surface area contributed by atoms with Crippen molar-refractivity contribution in [2.24, 2.45) is 0 Å². The highest BCUT2D eigenvalue weighted by Crippen LogP contribution is 2.17. The first-order valence-corrected chi connectivity index (χ1v) is 7.54. The molecule has 0 aliphatic rings. The monoisotopic (exact) mass is 294 g/mol. The lowest BCUT2D eigenvalue weighted by Gasteiger charge is -2.08. The van der Waals surface area contributed by atoms with E-state index in [4.69, 9.17) is 4.74 Å². The minimum absolute atomic E-state index is 0.259. The fourth-order valence-corrected chi connectivity index (χ4v) is 2.38. The summed E-state index contributed by atoms with van der Waals surface area (Å²) in [7, 11) is 0. The van der Waals surface area contributed by atoms with Crippen molar-refractivity contribution in [3.8, 4) is 5.75 Å². The average molecular weight is 294 g/mol. The van der Waals surface area contributed by atoms with E-state index in [1.165, 1.54) is 17.0 Å². The number of nitrogens with zero attached hydrogens (tertiary/aromatic N) is 1. The fourth-order valence-electron chi connectivity index (χ4n) is 1.59. The lowest BCUT2D eigenvalue weighted by molar-refractivity contribution is 0.305. The van der Waals surface area contributed by atoms with E-state index in [2.05, 4.69) is 24.1 Å². The molecule has 1 atom stereocenters. The zero-order valence-electron chi connectivity index (χ0n) is 11.7. The van der Waals surface area contributed by atoms with Crippen molar-refractivity contribution in [1.82, 2.24) is 10.3 Å². The van der Waals surface area contributed by atoms with Gasteiger partial charge in [0.2, 0.25) is 0 Å². The molecule has 3 nitrogen and oxygen atoms in total. The number of nitrogens with one attached hydrogen (secondary N) is 1. The lowest BCUT2D eigenvalue weighted by Crippen LogP contribution is -2.23. The molecule has 5 heteroatoms. The van der Waals surface area contributed by atoms with Gasteiger partial charge in [-0.1, -0.05) is 6.92 Å². The number of hydrogen-bond donors (Lipinski definition) is 1. The van der Waals surface area contributed by atoms with Crippen LogP contribution in [0.25, 0.3) is 0 Å². The lowest BCUT2D eigenvalue weighted by atomic mass is 10.2. The van der Waals surface area contributed by atoms with E-state index in [1.54, 1.807) is 23.5 Å². The van der Waals surface area contributed by atoms with E-state index >= 15 is 0 Å². The van der Waals surface area contributed by atoms with Crippen LogP contribution in [-0.2, 0) is 13.2 Å². The number of thiazole rings is 1. The summed E-state index contributed by atoms with van der Waals surface area (Å²) < 4.78 is 18.3. The largest absolute Gasteiger partial charge is 0.486 e. The predicted molar refractivity (Wildman–Crippen MR) is 79.4 cm³/mol. The Labute approximate surface area is 122 Å². The molecule has 1 unspecified atom stereocenters. The molecule has 0 amide bonds. The van der Waals surface area contributed by atoms with Gasteiger partial charge in [-0.15, -0.1) is 11.3 Å². The van der Waals surface area contributed by atoms with Gasteiger partial charge in [-0.25, -0.2) is 9.37 Å². The third-order valence-electron chi connectivity index (χ3n) is 3.01. The standard InChI is InChI=1S/C15H19FN2OS/c1-3-11(2)17-8-14-9-18-15(20-14)10-19-13-6-4-12(16)5-7-13/h4-7,9,11,17H,3,8,10H2,1-2H3. The summed E-state index contributed by atoms with van der Waals surface area (Å²) in [5.74, 6) is 0.394. The van der Waals surface area contributed by atoms with Crippen LogP contribution in [0.15, 0.2) is 30.5 Å². The Balaban J connectivity index is 1.82. The molecule has 0 radical (unpaired) electrons. The van der Waals surface area contributed by atoms with Gasteiger partial charge >= 0.3 is 0 Å². The maximum absolute atomic E-state index is 12.8. The summed E-state index contributed by atoms with van der Waals surface area (Å²) in [6.45, 7) is 5.58. The van der Waals surface area contributed by atoms with Crippen molar-refractivity contribution in [3.63, 3.8) is 0 Å². The molecule has 1 N–H and O–H groups in total. The van der Waals surface area contributed by atoms with Crippen molar-refractivity contribution in [2.75, 3.05) is 0 Å². The molecule has 0 aliphatic carbocycles. The van der Waals surface area contributed by atoms with Crippen LogP contribution in [0, 0.1) is 5.82 Å². The highest BCUT2D eigenvalue weighted by atomic mass is 32.1. The second-order valence-corrected chi connectivity index (χ2v) is 5.85. The topological polar surface area (TPSA) is 34.2 Å². The van der Waals surface area contributed by atoms with Gasteiger partial charge in [-0.2, -0.15) is 0 Å². The van der Waals surface area contributed by atoms with Crippen LogP contribution in [0.4, 0.5) is 4.39 Å². The number of ether oxygens (including phenoxy) is 1. The minimum atomic E-state index is -0.259. The maximum Gasteiger partial charge on any atom is 0.140 e. The maximum atomic E-state index is 12.8. The van der Waals surface area contributed by atoms with Crippen LogP contribution in [0.5, 0.6) is 5.75 Å². The van der Waals surface area contributed by atoms with Gasteiger partial charge in [0.25, 0.3) is 0 Å². The van der Waals surface area contributed by atoms with Crippen LogP contribution in [0.2, 0.25) is 0 Å². The van der Waals surface area contributed by atoms with E-state index in [0.717, 1.165) is 18.0 Å². The molecule has 1 aromatic heterocycles. The van der Waals surface area contributed by atoms with E-state index in [1.807, 2.05) is 6.20 Å². The number of aromatic nitrogens is 1. The molecule has 1 aromatic carbocycles. The first-order valence-electron chi connectivity index (χ1n) is 6.72. The summed E-state index contributed by atoms with van der Waals surface area (Å²) in [6.07, 6.45) is 2.99. The highest BCUT2D eigenvalue weighted by molar-refractivity contribution is 7.11. The molecular weight excluding hydrogens is 275 g/mol. The van der Waals surface area contributed by atoms with Crippen LogP contribution >= 0.6 is 11.3 Å². The molecule has 0 saturated heterocycles. The molecule has 0 aliphatic heterocycles. The highest BCUT2D eigenvalue weighted by Gasteiger charge is 2.05. The molecule has 108 valence electrons. The Kier molecular flexibility index (Phi) is 5.49. The van der Waals surface area contributed by atoms with Crippen molar-refractivity contribution in [3.05, 3.63) is 46.2 Å². The first-order chi connectivity index (χ1) is 9.67. The first kappa shape index (κ1) is 14.9. The smallest absolute Gasteiger partial charge is 0.140 e. The van der Waals surface area contributed by atoms with E-state index in [0.29, 0.717) is 18.4 Å². The molecule has 0 spiro atoms. The van der Waals surface area contributed by atoms with Crippen molar-refractivity contribution >= 4 is 11.3 Å². The van der Waals surface area contributed by atoms with Crippen LogP contribution in [-0.4, -0.2) is 11.0 Å². The van der Waals surface area contributed by atoms with Gasteiger partial charge in [-0.3, -0.25) is 0 Å². The van der Waals surface area contributed by atoms with Gasteiger partial charge < -0.3 is 10.1 Å². The van der Waals surface area contributed by atoms with Crippen LogP contribution < -0.4 is 10.1 Å². The molecule has 0 bridgehead atoms. The Morgan fingerprint density at radius 3 is 2.80 bits per heavy atom. The summed E-state index contributed by atoms with van der Waals surface area (Å²) in [4.78, 5) is 5.53. The average Bonchev–Trinajstić information content (AvgIpc) is 2.92. The summed E-state index contributed by atoms with van der Waals surface area (Å²) in [6, 6.07) is 6.52. The second kappa shape index (κ2) is 7.36. The van der Waals surface area contributed by atoms with E-state index in [9.17, 15) is 4.39 Å². The zero-order valence-corrected chi connectivity index (χ0v) is 12.5. The number of benzene rings is 1. The van der Waals surface area contributed by atoms with Gasteiger partial charge in [0.15, 0.2) is 0 Å². The van der Waals surface area contributed by atoms with Crippen molar-refractivity contribution < 1.29 is 9.13 Å². The SMILES string of the molecule is CCC(C)NCc1cnc(COc2ccc(F)cc2)s1. The Bertz CT molecular complexity index is 527. The Morgan fingerprint density at radius 1 is 1.35 bits per heavy atom. The molecule has 0 saturated carbocycles. The van der Waals surface area contributed by atoms with E-state index in [-0.39, 0.29) is 5.82 Å². The molecule has 0 fully saturated rings. The molecular formula is C15H19FN2OS. The predicted octanol–water partition coefficient (Wildman–Crippen LogP) is 3.75. The molecule has 2 aromatic rings. The van der Waals surface area contributed by atoms with Gasteiger partial charge in [0.1, 0.15) is 23.2 Å². The minimum Gasteiger partial charge on any atom is -0.486 e. The summed E-state index contributed by atoms with van der Waals surface area (Å²) in [5, 5.41) is 4.36. The number of hydrogen-bond acceptors (Lipinski definition) is 4. The van der Waals surface area contributed by atoms with E-state index < -0.39 is 0 Å². The normalized spacial score (nSPS) is 12.3. The van der Waals surface area contributed by atoms with Crippen molar-refractivity contribution in [2.45, 2.75) is 39.5 Å². The fraction of sp³-hybridized carbons (Fsp3) is 0.400. The Morgan fingerprint density at radius 2 is 2.10 bits per heavy atom. The summed E-state index contributed by atoms with van der Waals surface area (Å²) >= 11 is 1.64. The zero-order chi connectivity index (χ0) is 14.4. The molecule has 20 heavy (non-hydrogen) atoms. The quantitative estimate of drug-likeness (QED) is 0.844. The number of rotatable bonds is 7.